The second-order valence-electron chi connectivity index (χ2n) is 8.45. The molecular formula is C23H34N2O3. The van der Waals surface area contributed by atoms with E-state index in [1.807, 2.05) is 47.2 Å². The fourth-order valence-corrected chi connectivity index (χ4v) is 4.43. The molecule has 154 valence electrons. The predicted octanol–water partition coefficient (Wildman–Crippen LogP) is 3.73. The van der Waals surface area contributed by atoms with E-state index in [0.717, 1.165) is 43.9 Å². The van der Waals surface area contributed by atoms with Gasteiger partial charge in [-0.15, -0.1) is 0 Å². The molecule has 0 radical (unpaired) electrons. The Morgan fingerprint density at radius 2 is 1.82 bits per heavy atom. The number of para-hydroxylation sites is 1. The molecule has 2 fully saturated rings. The molecule has 2 aliphatic rings. The van der Waals surface area contributed by atoms with E-state index < -0.39 is 0 Å². The van der Waals surface area contributed by atoms with Crippen LogP contribution in [-0.4, -0.2) is 54.4 Å². The molecule has 1 aromatic rings. The van der Waals surface area contributed by atoms with E-state index in [0.29, 0.717) is 25.6 Å². The lowest BCUT2D eigenvalue weighted by atomic mass is 9.86. The molecule has 1 atom stereocenters. The first-order chi connectivity index (χ1) is 13.5. The van der Waals surface area contributed by atoms with Gasteiger partial charge in [0, 0.05) is 26.2 Å². The van der Waals surface area contributed by atoms with Gasteiger partial charge in [-0.05, 0) is 56.6 Å². The zero-order chi connectivity index (χ0) is 19.9. The summed E-state index contributed by atoms with van der Waals surface area (Å²) in [6.07, 6.45) is 6.77. The summed E-state index contributed by atoms with van der Waals surface area (Å²) in [7, 11) is 1.96. The molecule has 0 aromatic heterocycles. The van der Waals surface area contributed by atoms with E-state index >= 15 is 0 Å². The van der Waals surface area contributed by atoms with Crippen molar-refractivity contribution in [2.24, 2.45) is 11.8 Å². The van der Waals surface area contributed by atoms with Crippen molar-refractivity contribution in [3.8, 4) is 5.75 Å². The minimum absolute atomic E-state index is 0.0582. The molecule has 1 heterocycles. The number of likely N-dealkylation sites (tertiary alicyclic amines) is 1. The summed E-state index contributed by atoms with van der Waals surface area (Å²) in [5.41, 5.74) is 0. The molecule has 1 aromatic carbocycles. The summed E-state index contributed by atoms with van der Waals surface area (Å²) >= 11 is 0. The third-order valence-corrected chi connectivity index (χ3v) is 6.33. The molecule has 5 heteroatoms. The monoisotopic (exact) mass is 386 g/mol. The van der Waals surface area contributed by atoms with Crippen molar-refractivity contribution in [3.63, 3.8) is 0 Å². The van der Waals surface area contributed by atoms with Crippen molar-refractivity contribution in [3.05, 3.63) is 30.3 Å². The number of benzene rings is 1. The highest BCUT2D eigenvalue weighted by Crippen LogP contribution is 2.28. The second kappa shape index (κ2) is 9.94. The van der Waals surface area contributed by atoms with Gasteiger partial charge in [0.1, 0.15) is 5.75 Å². The maximum absolute atomic E-state index is 13.0. The summed E-state index contributed by atoms with van der Waals surface area (Å²) in [6.45, 7) is 3.97. The molecule has 5 nitrogen and oxygen atoms in total. The lowest BCUT2D eigenvalue weighted by Crippen LogP contribution is -2.49. The Labute approximate surface area is 169 Å². The van der Waals surface area contributed by atoms with Crippen LogP contribution in [0.15, 0.2) is 30.3 Å². The van der Waals surface area contributed by atoms with Gasteiger partial charge in [0.15, 0.2) is 0 Å². The Balaban J connectivity index is 1.46. The third-order valence-electron chi connectivity index (χ3n) is 6.33. The Kier molecular flexibility index (Phi) is 7.35. The summed E-state index contributed by atoms with van der Waals surface area (Å²) < 4.78 is 5.65. The number of hydrogen-bond donors (Lipinski definition) is 0. The van der Waals surface area contributed by atoms with Crippen LogP contribution in [0.5, 0.6) is 5.75 Å². The van der Waals surface area contributed by atoms with Crippen LogP contribution < -0.4 is 4.74 Å². The Bertz CT molecular complexity index is 641. The van der Waals surface area contributed by atoms with Gasteiger partial charge in [0.2, 0.25) is 11.8 Å². The van der Waals surface area contributed by atoms with Gasteiger partial charge >= 0.3 is 0 Å². The number of carbonyl (C=O) groups is 2. The first-order valence-corrected chi connectivity index (χ1v) is 10.8. The standard InChI is InChI=1S/C23H34N2O3/c1-18-10-12-20(13-11-18)24(2)23(27)19-7-6-15-25(17-19)22(26)14-16-28-21-8-4-3-5-9-21/h3-5,8-9,18-20H,6-7,10-17H2,1-2H3. The molecule has 28 heavy (non-hydrogen) atoms. The zero-order valence-corrected chi connectivity index (χ0v) is 17.3. The number of rotatable bonds is 6. The van der Waals surface area contributed by atoms with Crippen molar-refractivity contribution >= 4 is 11.8 Å². The molecule has 0 spiro atoms. The van der Waals surface area contributed by atoms with Gasteiger partial charge in [0.25, 0.3) is 0 Å². The normalized spacial score (nSPS) is 25.2. The molecule has 2 amide bonds. The van der Waals surface area contributed by atoms with Crippen molar-refractivity contribution in [1.82, 2.24) is 9.80 Å². The molecule has 1 aliphatic heterocycles. The number of carbonyl (C=O) groups excluding carboxylic acids is 2. The number of hydrogen-bond acceptors (Lipinski definition) is 3. The van der Waals surface area contributed by atoms with E-state index in [9.17, 15) is 9.59 Å². The smallest absolute Gasteiger partial charge is 0.227 e. The average Bonchev–Trinajstić information content (AvgIpc) is 2.74. The zero-order valence-electron chi connectivity index (χ0n) is 17.3. The lowest BCUT2D eigenvalue weighted by Gasteiger charge is -2.38. The van der Waals surface area contributed by atoms with Gasteiger partial charge in [-0.3, -0.25) is 9.59 Å². The van der Waals surface area contributed by atoms with Crippen LogP contribution in [0.4, 0.5) is 0 Å². The fraction of sp³-hybridized carbons (Fsp3) is 0.652. The van der Waals surface area contributed by atoms with E-state index in [4.69, 9.17) is 4.74 Å². The van der Waals surface area contributed by atoms with Crippen molar-refractivity contribution < 1.29 is 14.3 Å². The minimum Gasteiger partial charge on any atom is -0.493 e. The van der Waals surface area contributed by atoms with Crippen LogP contribution in [0.25, 0.3) is 0 Å². The molecule has 1 aliphatic carbocycles. The van der Waals surface area contributed by atoms with E-state index in [-0.39, 0.29) is 17.7 Å². The summed E-state index contributed by atoms with van der Waals surface area (Å²) in [5, 5.41) is 0. The molecule has 0 N–H and O–H groups in total. The molecule has 0 bridgehead atoms. The van der Waals surface area contributed by atoms with Crippen LogP contribution >= 0.6 is 0 Å². The number of amides is 2. The highest BCUT2D eigenvalue weighted by Gasteiger charge is 2.33. The lowest BCUT2D eigenvalue weighted by molar-refractivity contribution is -0.142. The van der Waals surface area contributed by atoms with E-state index in [1.165, 1.54) is 12.8 Å². The van der Waals surface area contributed by atoms with Gasteiger partial charge in [0.05, 0.1) is 18.9 Å². The SMILES string of the molecule is CC1CCC(N(C)C(=O)C2CCCN(C(=O)CCOc3ccccc3)C2)CC1. The molecule has 1 saturated carbocycles. The third kappa shape index (κ3) is 5.49. The maximum atomic E-state index is 13.0. The molecule has 1 saturated heterocycles. The van der Waals surface area contributed by atoms with Crippen molar-refractivity contribution in [2.75, 3.05) is 26.7 Å². The number of ether oxygens (including phenoxy) is 1. The van der Waals surface area contributed by atoms with Gasteiger partial charge in [-0.2, -0.15) is 0 Å². The van der Waals surface area contributed by atoms with Gasteiger partial charge in [-0.1, -0.05) is 25.1 Å². The minimum atomic E-state index is -0.0582. The largest absolute Gasteiger partial charge is 0.493 e. The topological polar surface area (TPSA) is 49.9 Å². The van der Waals surface area contributed by atoms with Crippen LogP contribution in [-0.2, 0) is 9.59 Å². The van der Waals surface area contributed by atoms with Crippen LogP contribution in [0.3, 0.4) is 0 Å². The fourth-order valence-electron chi connectivity index (χ4n) is 4.43. The quantitative estimate of drug-likeness (QED) is 0.748. The Morgan fingerprint density at radius 3 is 2.54 bits per heavy atom. The van der Waals surface area contributed by atoms with Crippen LogP contribution in [0.1, 0.15) is 51.9 Å². The summed E-state index contributed by atoms with van der Waals surface area (Å²) in [4.78, 5) is 29.4. The summed E-state index contributed by atoms with van der Waals surface area (Å²) in [5.74, 6) is 1.81. The first-order valence-electron chi connectivity index (χ1n) is 10.8. The maximum Gasteiger partial charge on any atom is 0.227 e. The molecule has 3 rings (SSSR count). The average molecular weight is 387 g/mol. The van der Waals surface area contributed by atoms with Gasteiger partial charge < -0.3 is 14.5 Å². The first kappa shape index (κ1) is 20.7. The van der Waals surface area contributed by atoms with E-state index in [2.05, 4.69) is 6.92 Å². The second-order valence-corrected chi connectivity index (χ2v) is 8.45. The number of piperidine rings is 1. The Hall–Kier alpha value is -2.04. The van der Waals surface area contributed by atoms with Gasteiger partial charge in [-0.25, -0.2) is 0 Å². The summed E-state index contributed by atoms with van der Waals surface area (Å²) in [6, 6.07) is 9.93. The number of nitrogens with zero attached hydrogens (tertiary/aromatic N) is 2. The van der Waals surface area contributed by atoms with Crippen LogP contribution in [0, 0.1) is 11.8 Å². The van der Waals surface area contributed by atoms with Crippen LogP contribution in [0.2, 0.25) is 0 Å². The van der Waals surface area contributed by atoms with Crippen molar-refractivity contribution in [1.29, 1.82) is 0 Å². The predicted molar refractivity (Wildman–Crippen MR) is 110 cm³/mol. The molecule has 1 unspecified atom stereocenters. The highest BCUT2D eigenvalue weighted by molar-refractivity contribution is 5.81. The van der Waals surface area contributed by atoms with E-state index in [1.54, 1.807) is 0 Å². The van der Waals surface area contributed by atoms with Crippen molar-refractivity contribution in [2.45, 2.75) is 57.9 Å². The Morgan fingerprint density at radius 1 is 1.11 bits per heavy atom. The highest BCUT2D eigenvalue weighted by atomic mass is 16.5. The molecular weight excluding hydrogens is 352 g/mol.